The fourth-order valence-electron chi connectivity index (χ4n) is 16.7. The molecule has 3 aromatic heterocycles. The quantitative estimate of drug-likeness (QED) is 0.0278. The van der Waals surface area contributed by atoms with Crippen LogP contribution in [0.3, 0.4) is 0 Å². The van der Waals surface area contributed by atoms with Crippen molar-refractivity contribution in [1.29, 1.82) is 0 Å². The molecule has 4 aliphatic rings. The summed E-state index contributed by atoms with van der Waals surface area (Å²) in [4.78, 5) is 278. The number of benzene rings is 3. The number of phenols is 1. The Morgan fingerprint density at radius 2 is 1.18 bits per heavy atom. The molecule has 3 fully saturated rings. The maximum absolute atomic E-state index is 15.8. The van der Waals surface area contributed by atoms with Crippen LogP contribution in [-0.2, 0) is 112 Å². The number of thioether (sulfide) groups is 1. The van der Waals surface area contributed by atoms with E-state index in [4.69, 9.17) is 17.2 Å². The lowest BCUT2D eigenvalue weighted by molar-refractivity contribution is -0.152. The van der Waals surface area contributed by atoms with Crippen LogP contribution >= 0.6 is 11.8 Å². The van der Waals surface area contributed by atoms with Gasteiger partial charge in [0.15, 0.2) is 0 Å². The third-order valence-corrected chi connectivity index (χ3v) is 25.0. The van der Waals surface area contributed by atoms with Crippen molar-refractivity contribution in [2.24, 2.45) is 17.2 Å². The number of unbranched alkanes of at least 4 members (excludes halogenated alkanes) is 1. The normalized spacial score (nSPS) is 25.1. The minimum absolute atomic E-state index is 0.0412. The van der Waals surface area contributed by atoms with Crippen molar-refractivity contribution in [3.63, 3.8) is 0 Å². The molecule has 0 spiro atoms. The molecule has 0 saturated carbocycles. The van der Waals surface area contributed by atoms with Gasteiger partial charge in [-0.05, 0) is 106 Å². The van der Waals surface area contributed by atoms with Crippen molar-refractivity contribution < 1.29 is 107 Å². The molecule has 0 radical (unpaired) electrons. The highest BCUT2D eigenvalue weighted by molar-refractivity contribution is 8.00. The Hall–Kier alpha value is -14.2. The van der Waals surface area contributed by atoms with Crippen LogP contribution in [0.5, 0.6) is 5.75 Å². The maximum atomic E-state index is 15.8. The van der Waals surface area contributed by atoms with E-state index in [9.17, 15) is 73.2 Å². The van der Waals surface area contributed by atoms with Crippen LogP contribution in [0.2, 0.25) is 0 Å². The Morgan fingerprint density at radius 1 is 0.590 bits per heavy atom. The third-order valence-electron chi connectivity index (χ3n) is 23.9. The highest BCUT2D eigenvalue weighted by Gasteiger charge is 2.47. The fraction of sp³-hybridized carbons (Fsp3) is 0.483. The number of phenolic OH excluding ortho intramolecular Hbond substituents is 1. The Bertz CT molecular complexity index is 5430. The number of nitrogens with zero attached hydrogens (tertiary/aromatic N) is 6. The van der Waals surface area contributed by atoms with Gasteiger partial charge in [0.25, 0.3) is 0 Å². The summed E-state index contributed by atoms with van der Waals surface area (Å²) >= 11 is 0.801. The molecule has 10 rings (SSSR count). The number of primary amides is 2. The number of aromatic hydroxyl groups is 1. The number of aliphatic hydroxyl groups excluding tert-OH is 1. The number of amides is 16. The van der Waals surface area contributed by atoms with Crippen molar-refractivity contribution in [1.82, 2.24) is 97.6 Å². The van der Waals surface area contributed by atoms with Crippen molar-refractivity contribution in [3.05, 3.63) is 137 Å². The predicted octanol–water partition coefficient (Wildman–Crippen LogP) is -3.43. The number of hydrogen-bond acceptors (Lipinski definition) is 24. The number of aromatic amines is 3. The second-order valence-electron chi connectivity index (χ2n) is 33.8. The van der Waals surface area contributed by atoms with E-state index in [-0.39, 0.29) is 87.3 Å². The zero-order valence-corrected chi connectivity index (χ0v) is 75.7. The summed E-state index contributed by atoms with van der Waals surface area (Å²) in [6.45, 7) is 3.17. The average molecular weight is 1880 g/mol. The summed E-state index contributed by atoms with van der Waals surface area (Å²) in [6.07, 6.45) is 0.833. The smallest absolute Gasteiger partial charge is 0.323 e. The number of likely N-dealkylation sites (N-methyl/N-ethyl adjacent to an activating group) is 2. The summed E-state index contributed by atoms with van der Waals surface area (Å²) in [5.74, 6) is -20.0. The lowest BCUT2D eigenvalue weighted by Gasteiger charge is -2.38. The van der Waals surface area contributed by atoms with Gasteiger partial charge in [-0.2, -0.15) is 0 Å². The molecule has 44 nitrogen and oxygen atoms in total. The van der Waals surface area contributed by atoms with Crippen LogP contribution in [0, 0.1) is 0 Å². The fourth-order valence-corrected chi connectivity index (χ4v) is 17.5. The topological polar surface area (TPSA) is 663 Å². The second kappa shape index (κ2) is 47.2. The number of aliphatic hydroxyl groups is 1. The summed E-state index contributed by atoms with van der Waals surface area (Å²) in [6, 6.07) is -2.74. The first kappa shape index (κ1) is 102. The van der Waals surface area contributed by atoms with Crippen molar-refractivity contribution >= 4 is 140 Å². The third kappa shape index (κ3) is 27.0. The molecule has 720 valence electrons. The van der Waals surface area contributed by atoms with Crippen LogP contribution in [-0.4, -0.2) is 320 Å². The minimum atomic E-state index is -1.86. The summed E-state index contributed by atoms with van der Waals surface area (Å²) in [5, 5.41) is 70.2. The van der Waals surface area contributed by atoms with Crippen LogP contribution in [0.4, 0.5) is 0 Å². The highest BCUT2D eigenvalue weighted by Crippen LogP contribution is 2.29. The van der Waals surface area contributed by atoms with Gasteiger partial charge in [-0.15, -0.1) is 11.8 Å². The first-order valence-corrected chi connectivity index (χ1v) is 45.2. The van der Waals surface area contributed by atoms with Gasteiger partial charge in [0.05, 0.1) is 42.9 Å². The second-order valence-corrected chi connectivity index (χ2v) is 34.8. The lowest BCUT2D eigenvalue weighted by Crippen LogP contribution is -2.61. The molecule has 2 bridgehead atoms. The number of carboxylic acids is 2. The van der Waals surface area contributed by atoms with Crippen LogP contribution < -0.4 is 70.4 Å². The number of nitrogens with one attached hydrogen (secondary N) is 13. The van der Waals surface area contributed by atoms with E-state index in [2.05, 4.69) is 78.8 Å². The summed E-state index contributed by atoms with van der Waals surface area (Å²) < 4.78 is 0. The first-order valence-electron chi connectivity index (χ1n) is 44.0. The van der Waals surface area contributed by atoms with Crippen molar-refractivity contribution in [3.8, 4) is 5.75 Å². The number of hydrogen-bond donors (Lipinski definition) is 20. The number of H-pyrrole nitrogens is 3. The molecule has 45 heteroatoms. The van der Waals surface area contributed by atoms with Crippen LogP contribution in [0.1, 0.15) is 121 Å². The Labute approximate surface area is 773 Å². The van der Waals surface area contributed by atoms with E-state index in [1.807, 2.05) is 6.92 Å². The number of fused-ring (bicyclic) bond motifs is 6. The standard InChI is InChI=1S/C89H116N22O22S/c1-7-8-18-69-61-29-46(2)30-62(98-61)80(124)106-68(78(122)96-40-73(92)115)43-134-44-74(116)99-65(31-49-20-22-53(112)23-21-49)86(130)107(5)47(3)77(121)104-67(36-72(91)114)88(132)109-28-13-19-70(109)83(127)103-64(34-52-39-93-45-97-52)82(126)101-60(24-25-75(117)118)87(131)111-41-54(113)35-71(111)84(128)102-63(32-50-37-94-57-16-11-9-14-55(50)57)81(125)100-59(26-27-90)79(123)105-66(33-51-38-95-58-17-12-10-15-56(51)58)89(133)110(42-76(119)120)48(4)85(129)108(69)6/h9-12,14-17,20-23,37-39,45,47-48,54,59-60,62-71,94-95,98,112-113H,7-8,13,18-19,24-28,30-36,40-44,90H2,1-6H3,(H2,91,114)(H2,92,115)(H,93,97)(H,96,122)(H,99,116)(H,100,125)(H,101,126)(H,102,128)(H,103,127)(H,104,121)(H,105,123)(H,106,124)(H,117,118)(H,119,120)/t47-,48-,54+,59-,60-,62-,63-,64-,65-,66-,67-,68-,69-,70-,71-/m0/s1. The van der Waals surface area contributed by atoms with Gasteiger partial charge in [-0.1, -0.05) is 74.0 Å². The van der Waals surface area contributed by atoms with E-state index in [0.29, 0.717) is 56.9 Å². The molecule has 23 N–H and O–H groups in total. The number of carboxylic acid groups (broad SMARTS) is 2. The Kier molecular flexibility index (Phi) is 35.9. The van der Waals surface area contributed by atoms with Crippen molar-refractivity contribution in [2.45, 2.75) is 215 Å². The molecular weight excluding hydrogens is 1760 g/mol. The SMILES string of the molecule is CCCC[C@H]1C2=C=C(C)C[C@H](N2)C(=O)N[C@H](C(=O)NCC(N)=O)CSCC(=O)N[C@@H](Cc2ccc(O)cc2)C(=O)N(C)[C@@H](C)C(=O)N[C@@H](CC(N)=O)C(=O)N2CCC[C@H]2C(=O)N[C@@H](Cc2cnc[nH]2)C(=O)N[C@@H](CCC(=O)O)C(=O)N2C[C@H](O)C[C@H]2C(=O)N[C@@H](Cc2c[nH]c3ccccc23)C(=O)N[C@@H](CCN)C(=O)N[C@@H](Cc2c[nH]c3ccccc23)C(=O)N(CC(=O)O)[C@@H](C)C(=O)N1C. The Morgan fingerprint density at radius 3 is 1.79 bits per heavy atom. The molecule has 0 unspecified atom stereocenters. The number of aliphatic carboxylic acids is 2. The monoisotopic (exact) mass is 1880 g/mol. The largest absolute Gasteiger partial charge is 0.508 e. The maximum Gasteiger partial charge on any atom is 0.323 e. The predicted molar refractivity (Wildman–Crippen MR) is 483 cm³/mol. The molecule has 4 aliphatic heterocycles. The van der Waals surface area contributed by atoms with Gasteiger partial charge in [0.1, 0.15) is 90.8 Å². The molecule has 15 atom stereocenters. The molecule has 134 heavy (non-hydrogen) atoms. The zero-order chi connectivity index (χ0) is 97.5. The number of carbonyl (C=O) groups excluding carboxylic acids is 16. The van der Waals surface area contributed by atoms with E-state index in [1.54, 1.807) is 67.8 Å². The zero-order valence-electron chi connectivity index (χ0n) is 74.9. The number of nitrogens with two attached hydrogens (primary N) is 3. The molecule has 6 aromatic rings. The van der Waals surface area contributed by atoms with E-state index < -0.39 is 255 Å². The van der Waals surface area contributed by atoms with Crippen LogP contribution in [0.15, 0.2) is 115 Å². The summed E-state index contributed by atoms with van der Waals surface area (Å²) in [7, 11) is 2.60. The molecule has 16 amide bonds. The number of imidazole rings is 1. The summed E-state index contributed by atoms with van der Waals surface area (Å²) in [5.41, 5.74) is 23.9. The number of carbonyl (C=O) groups is 18. The van der Waals surface area contributed by atoms with Gasteiger partial charge < -0.3 is 130 Å². The molecule has 7 heterocycles. The number of aromatic nitrogens is 4. The molecular formula is C89H116N22O22S. The van der Waals surface area contributed by atoms with Gasteiger partial charge in [-0.3, -0.25) is 86.3 Å². The van der Waals surface area contributed by atoms with Gasteiger partial charge in [-0.25, -0.2) is 4.98 Å². The van der Waals surface area contributed by atoms with E-state index in [0.717, 1.165) is 31.4 Å². The van der Waals surface area contributed by atoms with E-state index in [1.165, 1.54) is 69.6 Å². The van der Waals surface area contributed by atoms with E-state index >= 15 is 33.6 Å². The Balaban J connectivity index is 1.02. The highest BCUT2D eigenvalue weighted by atomic mass is 32.2. The lowest BCUT2D eigenvalue weighted by atomic mass is 9.97. The van der Waals surface area contributed by atoms with Crippen LogP contribution in [0.25, 0.3) is 21.8 Å². The molecule has 3 aromatic carbocycles. The van der Waals surface area contributed by atoms with Gasteiger partial charge >= 0.3 is 11.9 Å². The number of rotatable bonds is 23. The van der Waals surface area contributed by atoms with Gasteiger partial charge in [0.2, 0.25) is 94.5 Å². The number of para-hydroxylation sites is 2. The minimum Gasteiger partial charge on any atom is -0.508 e. The first-order chi connectivity index (χ1) is 63.8. The molecule has 3 saturated heterocycles. The van der Waals surface area contributed by atoms with Crippen molar-refractivity contribution in [2.75, 3.05) is 58.3 Å². The molecule has 0 aliphatic carbocycles. The average Bonchev–Trinajstić information content (AvgIpc) is 1.70. The van der Waals surface area contributed by atoms with Gasteiger partial charge in [0, 0.05) is 124 Å².